The Labute approximate surface area is 95.0 Å². The minimum absolute atomic E-state index is 0.0580. The zero-order valence-electron chi connectivity index (χ0n) is 9.86. The van der Waals surface area contributed by atoms with Gasteiger partial charge in [0, 0.05) is 0 Å². The second-order valence-corrected chi connectivity index (χ2v) is 3.24. The van der Waals surface area contributed by atoms with Crippen LogP contribution in [0.25, 0.3) is 0 Å². The standard InChI is InChI=1S/C8H20N6O2/c1-4-5-15-14(16-6(2)3)8(11)13-12-7(9)10/h6H,4-5H2,1-3H3,(H2,11,13)(H4,9,10,12). The van der Waals surface area contributed by atoms with E-state index in [0.29, 0.717) is 6.61 Å². The van der Waals surface area contributed by atoms with Crippen LogP contribution in [-0.2, 0) is 9.68 Å². The van der Waals surface area contributed by atoms with Crippen molar-refractivity contribution in [3.05, 3.63) is 0 Å². The molecule has 16 heavy (non-hydrogen) atoms. The van der Waals surface area contributed by atoms with E-state index in [1.54, 1.807) is 0 Å². The molecule has 0 fully saturated rings. The molecule has 0 heterocycles. The lowest BCUT2D eigenvalue weighted by molar-refractivity contribution is -0.332. The molecule has 0 radical (unpaired) electrons. The molecule has 6 N–H and O–H groups in total. The van der Waals surface area contributed by atoms with Gasteiger partial charge in [-0.05, 0) is 20.3 Å². The van der Waals surface area contributed by atoms with Gasteiger partial charge in [-0.15, -0.1) is 5.10 Å². The fourth-order valence-electron chi connectivity index (χ4n) is 0.675. The number of hydrogen-bond acceptors (Lipinski definition) is 4. The number of hydrazone groups is 1. The maximum absolute atomic E-state index is 6.91. The van der Waals surface area contributed by atoms with Gasteiger partial charge in [0.05, 0.1) is 12.7 Å². The van der Waals surface area contributed by atoms with E-state index in [1.807, 2.05) is 20.8 Å². The first-order chi connectivity index (χ1) is 7.47. The van der Waals surface area contributed by atoms with Gasteiger partial charge in [0.15, 0.2) is 0 Å². The molecule has 8 heteroatoms. The summed E-state index contributed by atoms with van der Waals surface area (Å²) in [4.78, 5) is 10.5. The van der Waals surface area contributed by atoms with E-state index in [0.717, 1.165) is 11.6 Å². The minimum atomic E-state index is -0.317. The van der Waals surface area contributed by atoms with Crippen LogP contribution < -0.4 is 16.9 Å². The predicted octanol–water partition coefficient (Wildman–Crippen LogP) is -0.317. The van der Waals surface area contributed by atoms with E-state index in [-0.39, 0.29) is 18.0 Å². The van der Waals surface area contributed by atoms with Crippen LogP contribution in [0.3, 0.4) is 0 Å². The lowest BCUT2D eigenvalue weighted by atomic mass is 10.5. The lowest BCUT2D eigenvalue weighted by Crippen LogP contribution is -2.41. The SMILES string of the molecule is CCCON(OC(C)C)C(N)=NNC(=N)N. The van der Waals surface area contributed by atoms with Crippen LogP contribution in [0.1, 0.15) is 27.2 Å². The van der Waals surface area contributed by atoms with Gasteiger partial charge in [-0.3, -0.25) is 5.41 Å². The molecule has 0 saturated heterocycles. The molecule has 0 aliphatic carbocycles. The Morgan fingerprint density at radius 1 is 1.50 bits per heavy atom. The first-order valence-electron chi connectivity index (χ1n) is 5.00. The Balaban J connectivity index is 4.34. The zero-order valence-corrected chi connectivity index (χ0v) is 9.86. The summed E-state index contributed by atoms with van der Waals surface area (Å²) in [5.41, 5.74) is 12.8. The molecule has 0 aliphatic rings. The van der Waals surface area contributed by atoms with Gasteiger partial charge in [0.25, 0.3) is 5.96 Å². The summed E-state index contributed by atoms with van der Waals surface area (Å²) in [6.07, 6.45) is 0.702. The summed E-state index contributed by atoms with van der Waals surface area (Å²) in [6.45, 7) is 6.06. The van der Waals surface area contributed by atoms with E-state index >= 15 is 0 Å². The van der Waals surface area contributed by atoms with Crippen molar-refractivity contribution < 1.29 is 9.68 Å². The third-order valence-electron chi connectivity index (χ3n) is 1.20. The molecular weight excluding hydrogens is 212 g/mol. The number of hydroxylamine groups is 2. The van der Waals surface area contributed by atoms with E-state index in [9.17, 15) is 0 Å². The highest BCUT2D eigenvalue weighted by Crippen LogP contribution is 1.98. The zero-order chi connectivity index (χ0) is 12.6. The summed E-state index contributed by atoms with van der Waals surface area (Å²) < 4.78 is 0. The summed E-state index contributed by atoms with van der Waals surface area (Å²) in [6, 6.07) is 0. The summed E-state index contributed by atoms with van der Waals surface area (Å²) in [5.74, 6) is -0.375. The van der Waals surface area contributed by atoms with E-state index < -0.39 is 0 Å². The average molecular weight is 232 g/mol. The van der Waals surface area contributed by atoms with Crippen LogP contribution in [0.2, 0.25) is 0 Å². The van der Waals surface area contributed by atoms with Crippen LogP contribution >= 0.6 is 0 Å². The summed E-state index contributed by atoms with van der Waals surface area (Å²) in [5, 5.41) is 11.5. The van der Waals surface area contributed by atoms with Crippen LogP contribution in [0.5, 0.6) is 0 Å². The normalized spacial score (nSPS) is 11.6. The molecule has 0 aromatic carbocycles. The molecule has 0 atom stereocenters. The Morgan fingerprint density at radius 2 is 2.12 bits per heavy atom. The second kappa shape index (κ2) is 7.71. The monoisotopic (exact) mass is 232 g/mol. The number of rotatable bonds is 6. The van der Waals surface area contributed by atoms with Crippen LogP contribution in [0.15, 0.2) is 5.10 Å². The van der Waals surface area contributed by atoms with E-state index in [4.69, 9.17) is 26.6 Å². The van der Waals surface area contributed by atoms with Crippen molar-refractivity contribution in [3.63, 3.8) is 0 Å². The van der Waals surface area contributed by atoms with E-state index in [1.165, 1.54) is 0 Å². The quantitative estimate of drug-likeness (QED) is 0.283. The number of nitrogens with two attached hydrogens (primary N) is 2. The predicted molar refractivity (Wildman–Crippen MR) is 61.0 cm³/mol. The van der Waals surface area contributed by atoms with Crippen molar-refractivity contribution in [1.29, 1.82) is 5.41 Å². The molecule has 0 bridgehead atoms. The van der Waals surface area contributed by atoms with E-state index in [2.05, 4.69) is 10.5 Å². The summed E-state index contributed by atoms with van der Waals surface area (Å²) in [7, 11) is 0. The molecule has 0 unspecified atom stereocenters. The Kier molecular flexibility index (Phi) is 6.97. The van der Waals surface area contributed by atoms with Gasteiger partial charge >= 0.3 is 0 Å². The molecule has 0 aromatic rings. The third kappa shape index (κ3) is 6.85. The molecular formula is C8H20N6O2. The maximum Gasteiger partial charge on any atom is 0.266 e. The molecule has 0 saturated carbocycles. The lowest BCUT2D eigenvalue weighted by Gasteiger charge is -2.22. The molecule has 0 amide bonds. The Bertz CT molecular complexity index is 243. The van der Waals surface area contributed by atoms with Gasteiger partial charge in [-0.25, -0.2) is 15.1 Å². The fourth-order valence-corrected chi connectivity index (χ4v) is 0.675. The van der Waals surface area contributed by atoms with Crippen molar-refractivity contribution in [2.45, 2.75) is 33.3 Å². The number of nitrogens with zero attached hydrogens (tertiary/aromatic N) is 2. The first-order valence-corrected chi connectivity index (χ1v) is 5.00. The van der Waals surface area contributed by atoms with Crippen molar-refractivity contribution >= 4 is 11.9 Å². The van der Waals surface area contributed by atoms with Crippen LogP contribution in [0, 0.1) is 5.41 Å². The molecule has 0 aromatic heterocycles. The fraction of sp³-hybridized carbons (Fsp3) is 0.750. The van der Waals surface area contributed by atoms with Crippen molar-refractivity contribution in [3.8, 4) is 0 Å². The highest BCUT2D eigenvalue weighted by Gasteiger charge is 2.11. The smallest absolute Gasteiger partial charge is 0.266 e. The number of hydrogen-bond donors (Lipinski definition) is 4. The molecule has 0 spiro atoms. The van der Waals surface area contributed by atoms with Crippen molar-refractivity contribution in [2.24, 2.45) is 16.6 Å². The van der Waals surface area contributed by atoms with Gasteiger partial charge in [0.2, 0.25) is 5.96 Å². The highest BCUT2D eigenvalue weighted by molar-refractivity contribution is 5.80. The number of nitrogens with one attached hydrogen (secondary N) is 2. The van der Waals surface area contributed by atoms with Crippen molar-refractivity contribution in [2.75, 3.05) is 6.61 Å². The third-order valence-corrected chi connectivity index (χ3v) is 1.20. The first kappa shape index (κ1) is 14.5. The molecule has 8 nitrogen and oxygen atoms in total. The van der Waals surface area contributed by atoms with Gasteiger partial charge in [-0.2, -0.15) is 0 Å². The summed E-state index contributed by atoms with van der Waals surface area (Å²) >= 11 is 0. The second-order valence-electron chi connectivity index (χ2n) is 3.24. The highest BCUT2D eigenvalue weighted by atomic mass is 17.0. The molecule has 0 aliphatic heterocycles. The van der Waals surface area contributed by atoms with Gasteiger partial charge in [-0.1, -0.05) is 12.2 Å². The van der Waals surface area contributed by atoms with Crippen LogP contribution in [-0.4, -0.2) is 29.9 Å². The van der Waals surface area contributed by atoms with Crippen LogP contribution in [0.4, 0.5) is 0 Å². The topological polar surface area (TPSA) is 122 Å². The average Bonchev–Trinajstić information content (AvgIpc) is 2.20. The molecule has 0 rings (SSSR count). The maximum atomic E-state index is 6.91. The number of guanidine groups is 2. The van der Waals surface area contributed by atoms with Crippen molar-refractivity contribution in [1.82, 2.24) is 10.7 Å². The van der Waals surface area contributed by atoms with Gasteiger partial charge in [0.1, 0.15) is 0 Å². The Hall–Kier alpha value is -1.54. The van der Waals surface area contributed by atoms with Gasteiger partial charge < -0.3 is 11.5 Å². The Morgan fingerprint density at radius 3 is 2.56 bits per heavy atom. The minimum Gasteiger partial charge on any atom is -0.369 e. The molecule has 94 valence electrons. The largest absolute Gasteiger partial charge is 0.369 e.